The van der Waals surface area contributed by atoms with Gasteiger partial charge in [-0.25, -0.2) is 0 Å². The van der Waals surface area contributed by atoms with Crippen molar-refractivity contribution in [2.45, 2.75) is 26.7 Å². The van der Waals surface area contributed by atoms with Crippen LogP contribution < -0.4 is 4.74 Å². The number of aryl methyl sites for hydroxylation is 1. The van der Waals surface area contributed by atoms with Crippen molar-refractivity contribution in [3.8, 4) is 5.75 Å². The third kappa shape index (κ3) is 4.34. The molecule has 0 aliphatic rings. The Morgan fingerprint density at radius 3 is 2.44 bits per heavy atom. The summed E-state index contributed by atoms with van der Waals surface area (Å²) in [6.45, 7) is 4.69. The highest BCUT2D eigenvalue weighted by molar-refractivity contribution is 5.69. The van der Waals surface area contributed by atoms with Crippen LogP contribution in [0, 0.1) is 0 Å². The van der Waals surface area contributed by atoms with Crippen LogP contribution in [-0.4, -0.2) is 19.2 Å². The number of hydrogen-bond acceptors (Lipinski definition) is 3. The third-order valence-corrected chi connectivity index (χ3v) is 2.21. The third-order valence-electron chi connectivity index (χ3n) is 2.21. The van der Waals surface area contributed by atoms with Gasteiger partial charge in [0.05, 0.1) is 19.6 Å². The van der Waals surface area contributed by atoms with E-state index in [9.17, 15) is 4.79 Å². The van der Waals surface area contributed by atoms with Gasteiger partial charge in [0.1, 0.15) is 5.75 Å². The maximum Gasteiger partial charge on any atom is 0.309 e. The molecule has 3 nitrogen and oxygen atoms in total. The van der Waals surface area contributed by atoms with Crippen LogP contribution in [-0.2, 0) is 16.0 Å². The number of benzene rings is 1. The first-order valence-electron chi connectivity index (χ1n) is 5.63. The smallest absolute Gasteiger partial charge is 0.309 e. The van der Waals surface area contributed by atoms with Gasteiger partial charge in [0.2, 0.25) is 0 Å². The van der Waals surface area contributed by atoms with Gasteiger partial charge in [-0.2, -0.15) is 0 Å². The average molecular weight is 222 g/mol. The highest BCUT2D eigenvalue weighted by Gasteiger charge is 2.01. The molecule has 1 aromatic carbocycles. The van der Waals surface area contributed by atoms with Gasteiger partial charge in [0.25, 0.3) is 0 Å². The van der Waals surface area contributed by atoms with Crippen molar-refractivity contribution < 1.29 is 14.3 Å². The van der Waals surface area contributed by atoms with E-state index in [0.717, 1.165) is 12.2 Å². The Morgan fingerprint density at radius 2 is 1.88 bits per heavy atom. The van der Waals surface area contributed by atoms with Crippen molar-refractivity contribution in [3.05, 3.63) is 29.8 Å². The molecule has 0 aliphatic heterocycles. The molecule has 0 amide bonds. The lowest BCUT2D eigenvalue weighted by atomic mass is 10.2. The molecule has 0 aliphatic carbocycles. The van der Waals surface area contributed by atoms with Crippen molar-refractivity contribution in [1.82, 2.24) is 0 Å². The van der Waals surface area contributed by atoms with Crippen LogP contribution in [0.5, 0.6) is 5.75 Å². The molecule has 1 rings (SSSR count). The van der Waals surface area contributed by atoms with Crippen LogP contribution >= 0.6 is 0 Å². The summed E-state index contributed by atoms with van der Waals surface area (Å²) in [4.78, 5) is 11.0. The van der Waals surface area contributed by atoms with E-state index in [-0.39, 0.29) is 5.97 Å². The van der Waals surface area contributed by atoms with E-state index >= 15 is 0 Å². The molecule has 0 bridgehead atoms. The first kappa shape index (κ1) is 12.6. The fourth-order valence-corrected chi connectivity index (χ4v) is 1.31. The van der Waals surface area contributed by atoms with Gasteiger partial charge in [-0.05, 0) is 31.0 Å². The van der Waals surface area contributed by atoms with Gasteiger partial charge in [-0.15, -0.1) is 0 Å². The second-order valence-corrected chi connectivity index (χ2v) is 3.40. The number of rotatable bonds is 6. The summed E-state index contributed by atoms with van der Waals surface area (Å²) in [5.74, 6) is 0.578. The lowest BCUT2D eigenvalue weighted by Crippen LogP contribution is -2.09. The van der Waals surface area contributed by atoms with Gasteiger partial charge in [0.15, 0.2) is 0 Å². The van der Waals surface area contributed by atoms with Crippen LogP contribution in [0.15, 0.2) is 24.3 Å². The molecule has 0 saturated carbocycles. The Labute approximate surface area is 96.4 Å². The number of carbonyl (C=O) groups is 1. The lowest BCUT2D eigenvalue weighted by Gasteiger charge is -2.06. The zero-order valence-corrected chi connectivity index (χ0v) is 9.86. The number of ether oxygens (including phenoxy) is 2. The first-order valence-corrected chi connectivity index (χ1v) is 5.63. The number of esters is 1. The summed E-state index contributed by atoms with van der Waals surface area (Å²) in [6, 6.07) is 7.90. The topological polar surface area (TPSA) is 35.5 Å². The molecule has 88 valence electrons. The molecule has 1 aromatic rings. The maximum atomic E-state index is 11.0. The zero-order valence-electron chi connectivity index (χ0n) is 9.86. The summed E-state index contributed by atoms with van der Waals surface area (Å²) < 4.78 is 10.2. The molecular weight excluding hydrogens is 204 g/mol. The normalized spacial score (nSPS) is 9.88. The van der Waals surface area contributed by atoms with E-state index in [0.29, 0.717) is 19.6 Å². The standard InChI is InChI=1S/C13H18O3/c1-3-11-5-7-12(8-6-11)16-10-9-13(14)15-4-2/h5-8H,3-4,9-10H2,1-2H3. The van der Waals surface area contributed by atoms with Crippen LogP contribution in [0.3, 0.4) is 0 Å². The largest absolute Gasteiger partial charge is 0.493 e. The minimum Gasteiger partial charge on any atom is -0.493 e. The van der Waals surface area contributed by atoms with E-state index in [1.165, 1.54) is 5.56 Å². The van der Waals surface area contributed by atoms with E-state index in [1.54, 1.807) is 6.92 Å². The summed E-state index contributed by atoms with van der Waals surface area (Å²) >= 11 is 0. The Kier molecular flexibility index (Phi) is 5.40. The van der Waals surface area contributed by atoms with Gasteiger partial charge in [0, 0.05) is 0 Å². The molecule has 0 radical (unpaired) electrons. The Bertz CT molecular complexity index is 316. The average Bonchev–Trinajstić information content (AvgIpc) is 2.30. The number of hydrogen-bond donors (Lipinski definition) is 0. The molecule has 0 heterocycles. The minimum absolute atomic E-state index is 0.215. The quantitative estimate of drug-likeness (QED) is 0.694. The molecule has 16 heavy (non-hydrogen) atoms. The maximum absolute atomic E-state index is 11.0. The lowest BCUT2D eigenvalue weighted by molar-refractivity contribution is -0.143. The molecule has 0 atom stereocenters. The highest BCUT2D eigenvalue weighted by Crippen LogP contribution is 2.12. The summed E-state index contributed by atoms with van der Waals surface area (Å²) in [6.07, 6.45) is 1.31. The van der Waals surface area contributed by atoms with Crippen molar-refractivity contribution in [2.24, 2.45) is 0 Å². The fraction of sp³-hybridized carbons (Fsp3) is 0.462. The second kappa shape index (κ2) is 6.88. The molecule has 0 aromatic heterocycles. The SMILES string of the molecule is CCOC(=O)CCOc1ccc(CC)cc1. The molecule has 0 unspecified atom stereocenters. The van der Waals surface area contributed by atoms with Gasteiger partial charge in [-0.1, -0.05) is 19.1 Å². The predicted molar refractivity (Wildman–Crippen MR) is 62.6 cm³/mol. The fourth-order valence-electron chi connectivity index (χ4n) is 1.31. The van der Waals surface area contributed by atoms with Crippen LogP contribution in [0.25, 0.3) is 0 Å². The second-order valence-electron chi connectivity index (χ2n) is 3.40. The van der Waals surface area contributed by atoms with Gasteiger partial charge in [-0.3, -0.25) is 4.79 Å². The van der Waals surface area contributed by atoms with E-state index in [4.69, 9.17) is 9.47 Å². The summed E-state index contributed by atoms with van der Waals surface area (Å²) in [5, 5.41) is 0. The van der Waals surface area contributed by atoms with Crippen molar-refractivity contribution in [2.75, 3.05) is 13.2 Å². The van der Waals surface area contributed by atoms with E-state index < -0.39 is 0 Å². The first-order chi connectivity index (χ1) is 7.76. The molecule has 0 N–H and O–H groups in total. The molecule has 0 fully saturated rings. The molecular formula is C13H18O3. The zero-order chi connectivity index (χ0) is 11.8. The van der Waals surface area contributed by atoms with Crippen molar-refractivity contribution >= 4 is 5.97 Å². The predicted octanol–water partition coefficient (Wildman–Crippen LogP) is 2.58. The van der Waals surface area contributed by atoms with Crippen molar-refractivity contribution in [1.29, 1.82) is 0 Å². The minimum atomic E-state index is -0.215. The van der Waals surface area contributed by atoms with E-state index in [2.05, 4.69) is 6.92 Å². The van der Waals surface area contributed by atoms with Crippen LogP contribution in [0.2, 0.25) is 0 Å². The Hall–Kier alpha value is -1.51. The molecule has 0 spiro atoms. The molecule has 0 saturated heterocycles. The summed E-state index contributed by atoms with van der Waals surface area (Å²) in [7, 11) is 0. The van der Waals surface area contributed by atoms with Crippen molar-refractivity contribution in [3.63, 3.8) is 0 Å². The number of carbonyl (C=O) groups excluding carboxylic acids is 1. The highest BCUT2D eigenvalue weighted by atomic mass is 16.5. The van der Waals surface area contributed by atoms with Crippen LogP contribution in [0.1, 0.15) is 25.8 Å². The molecule has 3 heteroatoms. The van der Waals surface area contributed by atoms with E-state index in [1.807, 2.05) is 24.3 Å². The monoisotopic (exact) mass is 222 g/mol. The van der Waals surface area contributed by atoms with Crippen LogP contribution in [0.4, 0.5) is 0 Å². The Balaban J connectivity index is 2.29. The van der Waals surface area contributed by atoms with Gasteiger partial charge < -0.3 is 9.47 Å². The summed E-state index contributed by atoms with van der Waals surface area (Å²) in [5.41, 5.74) is 1.28. The van der Waals surface area contributed by atoms with Gasteiger partial charge >= 0.3 is 5.97 Å². The Morgan fingerprint density at radius 1 is 1.19 bits per heavy atom.